The maximum absolute atomic E-state index is 11.1. The number of primary amides is 1. The van der Waals surface area contributed by atoms with Crippen LogP contribution in [0.4, 0.5) is 0 Å². The van der Waals surface area contributed by atoms with Crippen molar-refractivity contribution in [2.75, 3.05) is 6.54 Å². The molecule has 0 aromatic rings. The summed E-state index contributed by atoms with van der Waals surface area (Å²) in [6, 6.07) is 0.513. The zero-order chi connectivity index (χ0) is 11.2. The molecule has 0 bridgehead atoms. The van der Waals surface area contributed by atoms with Gasteiger partial charge < -0.3 is 11.1 Å². The summed E-state index contributed by atoms with van der Waals surface area (Å²) in [6.45, 7) is 8.75. The van der Waals surface area contributed by atoms with Crippen LogP contribution in [0.2, 0.25) is 0 Å². The van der Waals surface area contributed by atoms with Gasteiger partial charge in [0.25, 0.3) is 0 Å². The molecular formula is C11H24N2O. The molecule has 0 aliphatic rings. The van der Waals surface area contributed by atoms with Crippen LogP contribution >= 0.6 is 0 Å². The maximum atomic E-state index is 11.1. The summed E-state index contributed by atoms with van der Waals surface area (Å²) < 4.78 is 0. The molecule has 1 amide bonds. The topological polar surface area (TPSA) is 55.1 Å². The molecule has 0 radical (unpaired) electrons. The van der Waals surface area contributed by atoms with E-state index in [2.05, 4.69) is 19.2 Å². The highest BCUT2D eigenvalue weighted by atomic mass is 16.1. The van der Waals surface area contributed by atoms with Gasteiger partial charge in [-0.1, -0.05) is 20.3 Å². The second-order valence-corrected chi connectivity index (χ2v) is 4.52. The molecule has 0 aromatic heterocycles. The molecule has 14 heavy (non-hydrogen) atoms. The van der Waals surface area contributed by atoms with E-state index in [1.807, 2.05) is 13.8 Å². The highest BCUT2D eigenvalue weighted by molar-refractivity contribution is 5.80. The van der Waals surface area contributed by atoms with Crippen molar-refractivity contribution in [3.05, 3.63) is 0 Å². The lowest BCUT2D eigenvalue weighted by Gasteiger charge is -2.25. The third-order valence-corrected chi connectivity index (χ3v) is 2.63. The Morgan fingerprint density at radius 2 is 2.00 bits per heavy atom. The van der Waals surface area contributed by atoms with Crippen molar-refractivity contribution < 1.29 is 4.79 Å². The largest absolute Gasteiger partial charge is 0.369 e. The molecule has 84 valence electrons. The summed E-state index contributed by atoms with van der Waals surface area (Å²) in [7, 11) is 0. The lowest BCUT2D eigenvalue weighted by atomic mass is 9.92. The average Bonchev–Trinajstić information content (AvgIpc) is 2.12. The van der Waals surface area contributed by atoms with Crippen LogP contribution in [0.25, 0.3) is 0 Å². The number of nitrogens with two attached hydrogens (primary N) is 1. The lowest BCUT2D eigenvalue weighted by Crippen LogP contribution is -2.43. The molecule has 1 atom stereocenters. The minimum absolute atomic E-state index is 0.239. The van der Waals surface area contributed by atoms with Crippen LogP contribution in [0.3, 0.4) is 0 Å². The highest BCUT2D eigenvalue weighted by Crippen LogP contribution is 2.13. The van der Waals surface area contributed by atoms with Crippen LogP contribution in [0.15, 0.2) is 0 Å². The second kappa shape index (κ2) is 6.02. The number of carbonyl (C=O) groups is 1. The average molecular weight is 200 g/mol. The van der Waals surface area contributed by atoms with Gasteiger partial charge >= 0.3 is 0 Å². The zero-order valence-electron chi connectivity index (χ0n) is 9.89. The summed E-state index contributed by atoms with van der Waals surface area (Å²) >= 11 is 0. The standard InChI is InChI=1S/C11H24N2O/c1-5-7-9(6-2)13-8-11(3,4)10(12)14/h9,13H,5-8H2,1-4H3,(H2,12,14). The van der Waals surface area contributed by atoms with Gasteiger partial charge in [0.05, 0.1) is 5.41 Å². The van der Waals surface area contributed by atoms with Crippen LogP contribution in [-0.4, -0.2) is 18.5 Å². The minimum atomic E-state index is -0.443. The lowest BCUT2D eigenvalue weighted by molar-refractivity contribution is -0.125. The molecule has 0 fully saturated rings. The van der Waals surface area contributed by atoms with E-state index in [0.29, 0.717) is 12.6 Å². The molecule has 3 N–H and O–H groups in total. The normalized spacial score (nSPS) is 14.0. The number of hydrogen-bond acceptors (Lipinski definition) is 2. The smallest absolute Gasteiger partial charge is 0.224 e. The molecule has 3 nitrogen and oxygen atoms in total. The van der Waals surface area contributed by atoms with E-state index in [-0.39, 0.29) is 5.91 Å². The molecule has 0 aromatic carbocycles. The molecule has 0 aliphatic carbocycles. The molecule has 0 spiro atoms. The van der Waals surface area contributed by atoms with Crippen molar-refractivity contribution in [2.45, 2.75) is 53.0 Å². The van der Waals surface area contributed by atoms with E-state index in [4.69, 9.17) is 5.73 Å². The van der Waals surface area contributed by atoms with Crippen molar-refractivity contribution >= 4 is 5.91 Å². The van der Waals surface area contributed by atoms with Crippen LogP contribution in [0.1, 0.15) is 47.0 Å². The predicted molar refractivity (Wildman–Crippen MR) is 60.0 cm³/mol. The van der Waals surface area contributed by atoms with Crippen molar-refractivity contribution in [3.63, 3.8) is 0 Å². The van der Waals surface area contributed by atoms with Gasteiger partial charge in [0.15, 0.2) is 0 Å². The Kier molecular flexibility index (Phi) is 5.77. The fraction of sp³-hybridized carbons (Fsp3) is 0.909. The van der Waals surface area contributed by atoms with E-state index in [9.17, 15) is 4.79 Å². The number of nitrogens with one attached hydrogen (secondary N) is 1. The Morgan fingerprint density at radius 1 is 1.43 bits per heavy atom. The first kappa shape index (κ1) is 13.4. The minimum Gasteiger partial charge on any atom is -0.369 e. The third-order valence-electron chi connectivity index (χ3n) is 2.63. The number of amides is 1. The third kappa shape index (κ3) is 4.61. The Labute approximate surface area is 87.4 Å². The number of carbonyl (C=O) groups excluding carboxylic acids is 1. The molecular weight excluding hydrogens is 176 g/mol. The molecule has 0 rings (SSSR count). The van der Waals surface area contributed by atoms with Gasteiger partial charge in [0.1, 0.15) is 0 Å². The zero-order valence-corrected chi connectivity index (χ0v) is 9.89. The van der Waals surface area contributed by atoms with Crippen LogP contribution in [0, 0.1) is 5.41 Å². The SMILES string of the molecule is CCCC(CC)NCC(C)(C)C(N)=O. The Bertz CT molecular complexity index is 178. The van der Waals surface area contributed by atoms with E-state index in [1.54, 1.807) is 0 Å². The highest BCUT2D eigenvalue weighted by Gasteiger charge is 2.25. The fourth-order valence-corrected chi connectivity index (χ4v) is 1.29. The predicted octanol–water partition coefficient (Wildman–Crippen LogP) is 1.67. The quantitative estimate of drug-likeness (QED) is 0.657. The summed E-state index contributed by atoms with van der Waals surface area (Å²) in [5, 5.41) is 3.39. The maximum Gasteiger partial charge on any atom is 0.224 e. The first-order valence-corrected chi connectivity index (χ1v) is 5.47. The van der Waals surface area contributed by atoms with Crippen molar-refractivity contribution in [2.24, 2.45) is 11.1 Å². The Balaban J connectivity index is 3.95. The number of hydrogen-bond donors (Lipinski definition) is 2. The van der Waals surface area contributed by atoms with Gasteiger partial charge in [-0.3, -0.25) is 4.79 Å². The van der Waals surface area contributed by atoms with Gasteiger partial charge in [-0.15, -0.1) is 0 Å². The molecule has 3 heteroatoms. The summed E-state index contributed by atoms with van der Waals surface area (Å²) in [5.74, 6) is -0.239. The van der Waals surface area contributed by atoms with Gasteiger partial charge in [0, 0.05) is 12.6 Å². The van der Waals surface area contributed by atoms with Crippen LogP contribution in [0.5, 0.6) is 0 Å². The number of rotatable bonds is 7. The summed E-state index contributed by atoms with van der Waals surface area (Å²) in [4.78, 5) is 11.1. The molecule has 0 saturated heterocycles. The Hall–Kier alpha value is -0.570. The Morgan fingerprint density at radius 3 is 2.36 bits per heavy atom. The van der Waals surface area contributed by atoms with Gasteiger partial charge in [-0.25, -0.2) is 0 Å². The molecule has 0 saturated carbocycles. The van der Waals surface area contributed by atoms with E-state index < -0.39 is 5.41 Å². The molecule has 1 unspecified atom stereocenters. The van der Waals surface area contributed by atoms with Gasteiger partial charge in [-0.2, -0.15) is 0 Å². The van der Waals surface area contributed by atoms with Gasteiger partial charge in [-0.05, 0) is 26.7 Å². The van der Waals surface area contributed by atoms with Crippen LogP contribution < -0.4 is 11.1 Å². The van der Waals surface area contributed by atoms with Crippen molar-refractivity contribution in [1.29, 1.82) is 0 Å². The monoisotopic (exact) mass is 200 g/mol. The van der Waals surface area contributed by atoms with Crippen LogP contribution in [-0.2, 0) is 4.79 Å². The fourth-order valence-electron chi connectivity index (χ4n) is 1.29. The van der Waals surface area contributed by atoms with E-state index in [0.717, 1.165) is 12.8 Å². The van der Waals surface area contributed by atoms with E-state index >= 15 is 0 Å². The molecule has 0 aliphatic heterocycles. The summed E-state index contributed by atoms with van der Waals surface area (Å²) in [6.07, 6.45) is 3.43. The van der Waals surface area contributed by atoms with Crippen molar-refractivity contribution in [1.82, 2.24) is 5.32 Å². The second-order valence-electron chi connectivity index (χ2n) is 4.52. The first-order chi connectivity index (χ1) is 6.44. The van der Waals surface area contributed by atoms with E-state index in [1.165, 1.54) is 6.42 Å². The van der Waals surface area contributed by atoms with Crippen molar-refractivity contribution in [3.8, 4) is 0 Å². The molecule has 0 heterocycles. The summed E-state index contributed by atoms with van der Waals surface area (Å²) in [5.41, 5.74) is 4.85. The first-order valence-electron chi connectivity index (χ1n) is 5.47. The van der Waals surface area contributed by atoms with Gasteiger partial charge in [0.2, 0.25) is 5.91 Å².